The standard InChI is InChI=1S/C11H21N3OS/c1-5-12-9(8-16-4)11-10(15-3)7-13-14(11)6-2/h7,9,12H,5-6,8H2,1-4H3. The van der Waals surface area contributed by atoms with Crippen molar-refractivity contribution in [2.75, 3.05) is 25.7 Å². The highest BCUT2D eigenvalue weighted by Gasteiger charge is 2.20. The topological polar surface area (TPSA) is 39.1 Å². The Balaban J connectivity index is 2.99. The molecule has 0 saturated heterocycles. The number of aryl methyl sites for hydroxylation is 1. The van der Waals surface area contributed by atoms with Crippen LogP contribution in [-0.4, -0.2) is 35.4 Å². The molecule has 1 atom stereocenters. The Morgan fingerprint density at radius 3 is 2.81 bits per heavy atom. The number of hydrogen-bond donors (Lipinski definition) is 1. The van der Waals surface area contributed by atoms with E-state index in [1.54, 1.807) is 13.3 Å². The lowest BCUT2D eigenvalue weighted by Crippen LogP contribution is -2.26. The van der Waals surface area contributed by atoms with E-state index in [4.69, 9.17) is 4.74 Å². The zero-order valence-electron chi connectivity index (χ0n) is 10.5. The molecule has 5 heteroatoms. The number of hydrogen-bond acceptors (Lipinski definition) is 4. The second-order valence-corrected chi connectivity index (χ2v) is 4.39. The average molecular weight is 243 g/mol. The predicted octanol–water partition coefficient (Wildman–Crippen LogP) is 1.93. The van der Waals surface area contributed by atoms with E-state index in [1.807, 2.05) is 16.4 Å². The Hall–Kier alpha value is -0.680. The van der Waals surface area contributed by atoms with Crippen molar-refractivity contribution in [1.82, 2.24) is 15.1 Å². The van der Waals surface area contributed by atoms with E-state index in [9.17, 15) is 0 Å². The van der Waals surface area contributed by atoms with Gasteiger partial charge in [0.05, 0.1) is 25.0 Å². The van der Waals surface area contributed by atoms with Gasteiger partial charge in [0.15, 0.2) is 5.75 Å². The van der Waals surface area contributed by atoms with Gasteiger partial charge in [-0.3, -0.25) is 4.68 Å². The SMILES string of the molecule is CCNC(CSC)c1c(OC)cnn1CC. The van der Waals surface area contributed by atoms with Crippen LogP contribution in [0.5, 0.6) is 5.75 Å². The van der Waals surface area contributed by atoms with Crippen molar-refractivity contribution in [2.45, 2.75) is 26.4 Å². The lowest BCUT2D eigenvalue weighted by molar-refractivity contribution is 0.397. The first-order valence-corrected chi connectivity index (χ1v) is 6.99. The molecule has 0 fully saturated rings. The van der Waals surface area contributed by atoms with E-state index >= 15 is 0 Å². The third-order valence-electron chi connectivity index (χ3n) is 2.48. The zero-order chi connectivity index (χ0) is 12.0. The molecule has 1 heterocycles. The van der Waals surface area contributed by atoms with Crippen LogP contribution in [0, 0.1) is 0 Å². The maximum absolute atomic E-state index is 5.37. The third kappa shape index (κ3) is 2.92. The Labute approximate surface area is 102 Å². The summed E-state index contributed by atoms with van der Waals surface area (Å²) in [6.07, 6.45) is 3.91. The molecule has 0 amide bonds. The molecule has 0 bridgehead atoms. The summed E-state index contributed by atoms with van der Waals surface area (Å²) >= 11 is 1.83. The van der Waals surface area contributed by atoms with Crippen molar-refractivity contribution in [3.8, 4) is 5.75 Å². The number of aromatic nitrogens is 2. The van der Waals surface area contributed by atoms with Gasteiger partial charge in [-0.1, -0.05) is 6.92 Å². The van der Waals surface area contributed by atoms with Crippen LogP contribution in [0.25, 0.3) is 0 Å². The fourth-order valence-electron chi connectivity index (χ4n) is 1.79. The average Bonchev–Trinajstić information content (AvgIpc) is 2.71. The molecule has 0 aromatic carbocycles. The highest BCUT2D eigenvalue weighted by Crippen LogP contribution is 2.26. The number of nitrogens with zero attached hydrogens (tertiary/aromatic N) is 2. The summed E-state index contributed by atoms with van der Waals surface area (Å²) in [5.41, 5.74) is 1.15. The summed E-state index contributed by atoms with van der Waals surface area (Å²) in [6.45, 7) is 6.03. The maximum Gasteiger partial charge on any atom is 0.161 e. The first-order valence-electron chi connectivity index (χ1n) is 5.60. The van der Waals surface area contributed by atoms with Gasteiger partial charge in [0.2, 0.25) is 0 Å². The Morgan fingerprint density at radius 2 is 2.31 bits per heavy atom. The van der Waals surface area contributed by atoms with Crippen LogP contribution in [0.3, 0.4) is 0 Å². The van der Waals surface area contributed by atoms with E-state index in [-0.39, 0.29) is 0 Å². The second-order valence-electron chi connectivity index (χ2n) is 3.48. The molecule has 0 aliphatic heterocycles. The molecule has 0 aliphatic carbocycles. The number of nitrogens with one attached hydrogen (secondary N) is 1. The predicted molar refractivity (Wildman–Crippen MR) is 69.3 cm³/mol. The van der Waals surface area contributed by atoms with Gasteiger partial charge in [0.1, 0.15) is 0 Å². The maximum atomic E-state index is 5.37. The summed E-state index contributed by atoms with van der Waals surface area (Å²) in [5.74, 6) is 1.90. The van der Waals surface area contributed by atoms with Crippen LogP contribution in [0.15, 0.2) is 6.20 Å². The summed E-state index contributed by atoms with van der Waals surface area (Å²) < 4.78 is 7.37. The van der Waals surface area contributed by atoms with Crippen LogP contribution in [0.2, 0.25) is 0 Å². The molecule has 0 spiro atoms. The fraction of sp³-hybridized carbons (Fsp3) is 0.727. The smallest absolute Gasteiger partial charge is 0.161 e. The van der Waals surface area contributed by atoms with Gasteiger partial charge < -0.3 is 10.1 Å². The Bertz CT molecular complexity index is 287. The first-order chi connectivity index (χ1) is 7.78. The highest BCUT2D eigenvalue weighted by molar-refractivity contribution is 7.98. The number of rotatable bonds is 7. The molecule has 1 unspecified atom stereocenters. The molecule has 0 saturated carbocycles. The van der Waals surface area contributed by atoms with Crippen LogP contribution in [-0.2, 0) is 6.54 Å². The lowest BCUT2D eigenvalue weighted by Gasteiger charge is -2.19. The monoisotopic (exact) mass is 243 g/mol. The summed E-state index contributed by atoms with van der Waals surface area (Å²) in [6, 6.07) is 0.303. The van der Waals surface area contributed by atoms with E-state index in [0.29, 0.717) is 6.04 Å². The molecule has 1 aromatic rings. The van der Waals surface area contributed by atoms with Crippen molar-refractivity contribution >= 4 is 11.8 Å². The molecule has 92 valence electrons. The first kappa shape index (κ1) is 13.4. The van der Waals surface area contributed by atoms with Gasteiger partial charge in [-0.2, -0.15) is 16.9 Å². The van der Waals surface area contributed by atoms with Gasteiger partial charge in [0, 0.05) is 12.3 Å². The summed E-state index contributed by atoms with van der Waals surface area (Å²) in [5, 5.41) is 7.81. The fourth-order valence-corrected chi connectivity index (χ4v) is 2.40. The Morgan fingerprint density at radius 1 is 1.56 bits per heavy atom. The summed E-state index contributed by atoms with van der Waals surface area (Å²) in [7, 11) is 1.70. The van der Waals surface area contributed by atoms with Crippen LogP contribution in [0.4, 0.5) is 0 Å². The minimum atomic E-state index is 0.303. The number of methoxy groups -OCH3 is 1. The molecule has 16 heavy (non-hydrogen) atoms. The normalized spacial score (nSPS) is 12.8. The molecule has 1 rings (SSSR count). The lowest BCUT2D eigenvalue weighted by atomic mass is 10.2. The van der Waals surface area contributed by atoms with E-state index in [0.717, 1.165) is 30.3 Å². The summed E-state index contributed by atoms with van der Waals surface area (Å²) in [4.78, 5) is 0. The molecule has 0 radical (unpaired) electrons. The zero-order valence-corrected chi connectivity index (χ0v) is 11.3. The number of thioether (sulfide) groups is 1. The molecule has 4 nitrogen and oxygen atoms in total. The van der Waals surface area contributed by atoms with Gasteiger partial charge >= 0.3 is 0 Å². The molecular formula is C11H21N3OS. The number of ether oxygens (including phenoxy) is 1. The van der Waals surface area contributed by atoms with Crippen molar-refractivity contribution in [1.29, 1.82) is 0 Å². The van der Waals surface area contributed by atoms with E-state index in [1.165, 1.54) is 0 Å². The molecule has 0 aliphatic rings. The Kier molecular flexibility index (Phi) is 5.69. The van der Waals surface area contributed by atoms with Crippen molar-refractivity contribution < 1.29 is 4.74 Å². The van der Waals surface area contributed by atoms with Gasteiger partial charge in [-0.25, -0.2) is 0 Å². The van der Waals surface area contributed by atoms with E-state index in [2.05, 4.69) is 30.5 Å². The van der Waals surface area contributed by atoms with Crippen LogP contribution >= 0.6 is 11.8 Å². The van der Waals surface area contributed by atoms with Crippen molar-refractivity contribution in [3.05, 3.63) is 11.9 Å². The minimum absolute atomic E-state index is 0.303. The van der Waals surface area contributed by atoms with Crippen molar-refractivity contribution in [3.63, 3.8) is 0 Å². The van der Waals surface area contributed by atoms with Gasteiger partial charge in [0.25, 0.3) is 0 Å². The molecule has 1 N–H and O–H groups in total. The van der Waals surface area contributed by atoms with Gasteiger partial charge in [-0.15, -0.1) is 0 Å². The van der Waals surface area contributed by atoms with Crippen molar-refractivity contribution in [2.24, 2.45) is 0 Å². The van der Waals surface area contributed by atoms with E-state index < -0.39 is 0 Å². The minimum Gasteiger partial charge on any atom is -0.493 e. The second kappa shape index (κ2) is 6.81. The molecular weight excluding hydrogens is 222 g/mol. The van der Waals surface area contributed by atoms with Crippen LogP contribution < -0.4 is 10.1 Å². The largest absolute Gasteiger partial charge is 0.493 e. The quantitative estimate of drug-likeness (QED) is 0.794. The van der Waals surface area contributed by atoms with Crippen LogP contribution in [0.1, 0.15) is 25.6 Å². The highest BCUT2D eigenvalue weighted by atomic mass is 32.2. The van der Waals surface area contributed by atoms with Gasteiger partial charge in [-0.05, 0) is 19.7 Å². The third-order valence-corrected chi connectivity index (χ3v) is 3.14. The molecule has 1 aromatic heterocycles.